The molecular weight excluding hydrogens is 243 g/mol. The summed E-state index contributed by atoms with van der Waals surface area (Å²) in [7, 11) is 1.88. The second-order valence-electron chi connectivity index (χ2n) is 4.37. The predicted molar refractivity (Wildman–Crippen MR) is 75.0 cm³/mol. The zero-order valence-corrected chi connectivity index (χ0v) is 10.4. The molecule has 1 aromatic heterocycles. The van der Waals surface area contributed by atoms with E-state index in [1.807, 2.05) is 30.1 Å². The molecule has 3 rings (SSSR count). The average molecular weight is 256 g/mol. The number of aromatic amines is 1. The lowest BCUT2D eigenvalue weighted by Crippen LogP contribution is -2.09. The lowest BCUT2D eigenvalue weighted by molar-refractivity contribution is 0.632. The zero-order valence-electron chi connectivity index (χ0n) is 10.4. The van der Waals surface area contributed by atoms with Gasteiger partial charge in [0.2, 0.25) is 0 Å². The number of nitrogens with one attached hydrogen (secondary N) is 1. The molecule has 0 aliphatic heterocycles. The Morgan fingerprint density at radius 1 is 1.16 bits per heavy atom. The number of aromatic nitrogens is 2. The summed E-state index contributed by atoms with van der Waals surface area (Å²) in [5, 5.41) is 0. The first-order chi connectivity index (χ1) is 9.15. The molecule has 0 aliphatic rings. The Morgan fingerprint density at radius 3 is 2.68 bits per heavy atom. The quantitative estimate of drug-likeness (QED) is 0.693. The molecule has 0 bridgehead atoms. The minimum absolute atomic E-state index is 0.154. The van der Waals surface area contributed by atoms with E-state index >= 15 is 0 Å². The summed E-state index contributed by atoms with van der Waals surface area (Å²) in [5.74, 6) is -0.410. The SMILES string of the molecule is CN(c1ccc(N)c(F)c1)c1ccc2nc[nH]c2c1. The molecule has 0 saturated heterocycles. The molecule has 0 atom stereocenters. The van der Waals surface area contributed by atoms with Crippen LogP contribution in [0, 0.1) is 5.82 Å². The van der Waals surface area contributed by atoms with Crippen LogP contribution in [-0.2, 0) is 0 Å². The van der Waals surface area contributed by atoms with Crippen molar-refractivity contribution in [2.24, 2.45) is 0 Å². The lowest BCUT2D eigenvalue weighted by Gasteiger charge is -2.19. The van der Waals surface area contributed by atoms with Crippen LogP contribution in [-0.4, -0.2) is 17.0 Å². The van der Waals surface area contributed by atoms with Gasteiger partial charge in [-0.2, -0.15) is 0 Å². The van der Waals surface area contributed by atoms with Crippen molar-refractivity contribution in [3.05, 3.63) is 48.5 Å². The van der Waals surface area contributed by atoms with E-state index in [1.165, 1.54) is 6.07 Å². The van der Waals surface area contributed by atoms with Crippen LogP contribution < -0.4 is 10.6 Å². The van der Waals surface area contributed by atoms with E-state index < -0.39 is 5.82 Å². The van der Waals surface area contributed by atoms with E-state index in [2.05, 4.69) is 9.97 Å². The summed E-state index contributed by atoms with van der Waals surface area (Å²) in [4.78, 5) is 9.11. The Labute approximate surface area is 109 Å². The Balaban J connectivity index is 2.01. The van der Waals surface area contributed by atoms with Crippen LogP contribution in [0.25, 0.3) is 11.0 Å². The number of anilines is 3. The number of imidazole rings is 1. The van der Waals surface area contributed by atoms with Gasteiger partial charge in [-0.3, -0.25) is 0 Å². The standard InChI is InChI=1S/C14H13FN4/c1-19(9-2-4-12(16)11(15)6-9)10-3-5-13-14(7-10)18-8-17-13/h2-8H,16H2,1H3,(H,17,18). The highest BCUT2D eigenvalue weighted by molar-refractivity contribution is 5.80. The van der Waals surface area contributed by atoms with Gasteiger partial charge in [0.25, 0.3) is 0 Å². The van der Waals surface area contributed by atoms with Gasteiger partial charge in [-0.1, -0.05) is 0 Å². The molecule has 0 spiro atoms. The van der Waals surface area contributed by atoms with Crippen molar-refractivity contribution in [3.63, 3.8) is 0 Å². The topological polar surface area (TPSA) is 57.9 Å². The molecular formula is C14H13FN4. The van der Waals surface area contributed by atoms with Crippen molar-refractivity contribution in [2.75, 3.05) is 17.7 Å². The van der Waals surface area contributed by atoms with Crippen molar-refractivity contribution < 1.29 is 4.39 Å². The van der Waals surface area contributed by atoms with Gasteiger partial charge in [-0.15, -0.1) is 0 Å². The Kier molecular flexibility index (Phi) is 2.59. The molecule has 0 fully saturated rings. The first-order valence-electron chi connectivity index (χ1n) is 5.87. The maximum atomic E-state index is 13.5. The van der Waals surface area contributed by atoms with Crippen molar-refractivity contribution >= 4 is 28.1 Å². The Morgan fingerprint density at radius 2 is 1.89 bits per heavy atom. The van der Waals surface area contributed by atoms with Crippen LogP contribution >= 0.6 is 0 Å². The third kappa shape index (κ3) is 1.99. The van der Waals surface area contributed by atoms with Gasteiger partial charge in [-0.05, 0) is 36.4 Å². The monoisotopic (exact) mass is 256 g/mol. The fourth-order valence-corrected chi connectivity index (χ4v) is 2.01. The molecule has 0 saturated carbocycles. The number of benzene rings is 2. The average Bonchev–Trinajstić information content (AvgIpc) is 2.88. The summed E-state index contributed by atoms with van der Waals surface area (Å²) in [6.45, 7) is 0. The Bertz CT molecular complexity index is 735. The highest BCUT2D eigenvalue weighted by Gasteiger charge is 2.08. The number of nitrogens with two attached hydrogens (primary N) is 1. The Hall–Kier alpha value is -2.56. The van der Waals surface area contributed by atoms with Crippen molar-refractivity contribution in [1.82, 2.24) is 9.97 Å². The zero-order chi connectivity index (χ0) is 13.4. The fourth-order valence-electron chi connectivity index (χ4n) is 2.01. The second-order valence-corrected chi connectivity index (χ2v) is 4.37. The van der Waals surface area contributed by atoms with Crippen molar-refractivity contribution in [3.8, 4) is 0 Å². The number of halogens is 1. The first-order valence-corrected chi connectivity index (χ1v) is 5.87. The predicted octanol–water partition coefficient (Wildman–Crippen LogP) is 3.05. The first kappa shape index (κ1) is 11.5. The molecule has 2 aromatic carbocycles. The number of nitrogens with zero attached hydrogens (tertiary/aromatic N) is 2. The van der Waals surface area contributed by atoms with Crippen molar-refractivity contribution in [2.45, 2.75) is 0 Å². The minimum Gasteiger partial charge on any atom is -0.396 e. The number of nitrogen functional groups attached to an aromatic ring is 1. The highest BCUT2D eigenvalue weighted by atomic mass is 19.1. The fraction of sp³-hybridized carbons (Fsp3) is 0.0714. The molecule has 1 heterocycles. The molecule has 19 heavy (non-hydrogen) atoms. The number of fused-ring (bicyclic) bond motifs is 1. The number of hydrogen-bond acceptors (Lipinski definition) is 3. The molecule has 5 heteroatoms. The smallest absolute Gasteiger partial charge is 0.148 e. The maximum Gasteiger partial charge on any atom is 0.148 e. The van der Waals surface area contributed by atoms with Gasteiger partial charge in [0.15, 0.2) is 0 Å². The van der Waals surface area contributed by atoms with E-state index in [1.54, 1.807) is 18.5 Å². The van der Waals surface area contributed by atoms with Gasteiger partial charge < -0.3 is 15.6 Å². The largest absolute Gasteiger partial charge is 0.396 e. The minimum atomic E-state index is -0.410. The molecule has 0 amide bonds. The molecule has 4 nitrogen and oxygen atoms in total. The van der Waals surface area contributed by atoms with E-state index in [0.29, 0.717) is 0 Å². The molecule has 3 aromatic rings. The number of H-pyrrole nitrogens is 1. The van der Waals surface area contributed by atoms with Gasteiger partial charge in [0.05, 0.1) is 23.0 Å². The lowest BCUT2D eigenvalue weighted by atomic mass is 10.2. The highest BCUT2D eigenvalue weighted by Crippen LogP contribution is 2.27. The number of hydrogen-bond donors (Lipinski definition) is 2. The van der Waals surface area contributed by atoms with E-state index in [0.717, 1.165) is 22.4 Å². The van der Waals surface area contributed by atoms with E-state index in [9.17, 15) is 4.39 Å². The molecule has 96 valence electrons. The van der Waals surface area contributed by atoms with Gasteiger partial charge in [0, 0.05) is 18.4 Å². The summed E-state index contributed by atoms with van der Waals surface area (Å²) in [6.07, 6.45) is 1.65. The molecule has 0 aliphatic carbocycles. The van der Waals surface area contributed by atoms with Crippen LogP contribution in [0.5, 0.6) is 0 Å². The molecule has 3 N–H and O–H groups in total. The number of rotatable bonds is 2. The van der Waals surface area contributed by atoms with Gasteiger partial charge in [-0.25, -0.2) is 9.37 Å². The van der Waals surface area contributed by atoms with E-state index in [4.69, 9.17) is 5.73 Å². The maximum absolute atomic E-state index is 13.5. The second kappa shape index (κ2) is 4.28. The molecule has 0 unspecified atom stereocenters. The molecule has 0 radical (unpaired) electrons. The third-order valence-corrected chi connectivity index (χ3v) is 3.16. The van der Waals surface area contributed by atoms with Crippen LogP contribution in [0.4, 0.5) is 21.5 Å². The summed E-state index contributed by atoms with van der Waals surface area (Å²) >= 11 is 0. The van der Waals surface area contributed by atoms with E-state index in [-0.39, 0.29) is 5.69 Å². The summed E-state index contributed by atoms with van der Waals surface area (Å²) in [6, 6.07) is 10.6. The van der Waals surface area contributed by atoms with Gasteiger partial charge >= 0.3 is 0 Å². The summed E-state index contributed by atoms with van der Waals surface area (Å²) < 4.78 is 13.5. The van der Waals surface area contributed by atoms with Crippen LogP contribution in [0.15, 0.2) is 42.7 Å². The van der Waals surface area contributed by atoms with Crippen molar-refractivity contribution in [1.29, 1.82) is 0 Å². The van der Waals surface area contributed by atoms with Crippen LogP contribution in [0.2, 0.25) is 0 Å². The van der Waals surface area contributed by atoms with Crippen LogP contribution in [0.3, 0.4) is 0 Å². The van der Waals surface area contributed by atoms with Crippen LogP contribution in [0.1, 0.15) is 0 Å². The van der Waals surface area contributed by atoms with Gasteiger partial charge in [0.1, 0.15) is 5.82 Å². The third-order valence-electron chi connectivity index (χ3n) is 3.16. The normalized spacial score (nSPS) is 10.8. The summed E-state index contributed by atoms with van der Waals surface area (Å²) in [5.41, 5.74) is 9.17.